The van der Waals surface area contributed by atoms with Crippen molar-refractivity contribution in [2.24, 2.45) is 0 Å². The normalized spacial score (nSPS) is 11.8. The van der Waals surface area contributed by atoms with Crippen LogP contribution < -0.4 is 0 Å². The number of carbonyl (C=O) groups excluding carboxylic acids is 2. The first-order valence-electron chi connectivity index (χ1n) is 6.80. The zero-order valence-electron chi connectivity index (χ0n) is 12.4. The summed E-state index contributed by atoms with van der Waals surface area (Å²) in [6.07, 6.45) is 1.71. The van der Waals surface area contributed by atoms with Crippen molar-refractivity contribution in [3.8, 4) is 0 Å². The minimum atomic E-state index is -0.119. The number of Topliss-reactive ketones (excluding diaryl/α,β-unsaturated/α-hetero) is 1. The maximum absolute atomic E-state index is 12.5. The van der Waals surface area contributed by atoms with Gasteiger partial charge in [-0.25, -0.2) is 0 Å². The summed E-state index contributed by atoms with van der Waals surface area (Å²) < 4.78 is 0. The lowest BCUT2D eigenvalue weighted by Crippen LogP contribution is -2.30. The molecular formula is C17H18N2O2. The minimum absolute atomic E-state index is 0.00999. The van der Waals surface area contributed by atoms with Crippen LogP contribution in [0.25, 0.3) is 0 Å². The molecule has 0 saturated carbocycles. The fourth-order valence-corrected chi connectivity index (χ4v) is 2.05. The topological polar surface area (TPSA) is 50.3 Å². The molecule has 0 spiro atoms. The van der Waals surface area contributed by atoms with E-state index in [2.05, 4.69) is 4.98 Å². The summed E-state index contributed by atoms with van der Waals surface area (Å²) in [7, 11) is 1.75. The van der Waals surface area contributed by atoms with Crippen molar-refractivity contribution < 1.29 is 9.59 Å². The van der Waals surface area contributed by atoms with Gasteiger partial charge in [-0.05, 0) is 38.1 Å². The summed E-state index contributed by atoms with van der Waals surface area (Å²) in [5.41, 5.74) is 2.01. The predicted molar refractivity (Wildman–Crippen MR) is 81.2 cm³/mol. The number of amides is 1. The number of benzene rings is 1. The minimum Gasteiger partial charge on any atom is -0.333 e. The number of pyridine rings is 1. The number of aromatic nitrogens is 1. The van der Waals surface area contributed by atoms with E-state index in [1.54, 1.807) is 42.4 Å². The summed E-state index contributed by atoms with van der Waals surface area (Å²) in [6.45, 7) is 3.44. The van der Waals surface area contributed by atoms with Crippen molar-refractivity contribution in [1.82, 2.24) is 9.88 Å². The molecule has 1 amide bonds. The largest absolute Gasteiger partial charge is 0.333 e. The summed E-state index contributed by atoms with van der Waals surface area (Å²) in [5.74, 6) is -0.104. The smallest absolute Gasteiger partial charge is 0.254 e. The van der Waals surface area contributed by atoms with Gasteiger partial charge in [-0.1, -0.05) is 18.2 Å². The number of hydrogen-bond acceptors (Lipinski definition) is 3. The molecule has 0 fully saturated rings. The van der Waals surface area contributed by atoms with Crippen molar-refractivity contribution in [1.29, 1.82) is 0 Å². The zero-order valence-corrected chi connectivity index (χ0v) is 12.4. The first-order valence-corrected chi connectivity index (χ1v) is 6.80. The molecule has 0 saturated heterocycles. The fraction of sp³-hybridized carbons (Fsp3) is 0.235. The highest BCUT2D eigenvalue weighted by atomic mass is 16.2. The molecule has 4 nitrogen and oxygen atoms in total. The van der Waals surface area contributed by atoms with Crippen LogP contribution in [0.2, 0.25) is 0 Å². The van der Waals surface area contributed by atoms with Crippen LogP contribution in [0.3, 0.4) is 0 Å². The Balaban J connectivity index is 2.17. The molecule has 1 heterocycles. The molecule has 1 aromatic heterocycles. The highest BCUT2D eigenvalue weighted by Crippen LogP contribution is 2.18. The average Bonchev–Trinajstić information content (AvgIpc) is 2.53. The number of carbonyl (C=O) groups is 2. The molecule has 4 heteroatoms. The van der Waals surface area contributed by atoms with E-state index in [0.29, 0.717) is 11.1 Å². The molecule has 2 rings (SSSR count). The molecule has 1 aromatic carbocycles. The van der Waals surface area contributed by atoms with Crippen LogP contribution in [-0.2, 0) is 0 Å². The van der Waals surface area contributed by atoms with Crippen molar-refractivity contribution >= 4 is 11.7 Å². The second kappa shape index (κ2) is 6.31. The number of hydrogen-bond donors (Lipinski definition) is 0. The van der Waals surface area contributed by atoms with Crippen LogP contribution in [0, 0.1) is 0 Å². The van der Waals surface area contributed by atoms with Crippen LogP contribution in [0.5, 0.6) is 0 Å². The number of nitrogens with zero attached hydrogens (tertiary/aromatic N) is 2. The number of ketones is 1. The lowest BCUT2D eigenvalue weighted by atomic mass is 10.1. The second-order valence-electron chi connectivity index (χ2n) is 4.98. The van der Waals surface area contributed by atoms with Gasteiger partial charge in [0.1, 0.15) is 0 Å². The molecule has 0 N–H and O–H groups in total. The molecule has 1 atom stereocenters. The van der Waals surface area contributed by atoms with Crippen molar-refractivity contribution in [2.45, 2.75) is 19.9 Å². The third kappa shape index (κ3) is 3.34. The van der Waals surface area contributed by atoms with Gasteiger partial charge in [0.2, 0.25) is 0 Å². The van der Waals surface area contributed by atoms with Gasteiger partial charge in [-0.3, -0.25) is 14.6 Å². The third-order valence-corrected chi connectivity index (χ3v) is 3.56. The molecule has 108 valence electrons. The van der Waals surface area contributed by atoms with Crippen molar-refractivity contribution in [2.75, 3.05) is 7.05 Å². The first-order chi connectivity index (χ1) is 10.0. The van der Waals surface area contributed by atoms with E-state index in [1.165, 1.54) is 6.92 Å². The molecule has 0 radical (unpaired) electrons. The van der Waals surface area contributed by atoms with Crippen LogP contribution in [0.4, 0.5) is 0 Å². The van der Waals surface area contributed by atoms with Gasteiger partial charge in [0, 0.05) is 24.4 Å². The summed E-state index contributed by atoms with van der Waals surface area (Å²) in [5, 5.41) is 0. The van der Waals surface area contributed by atoms with Gasteiger partial charge in [0.15, 0.2) is 5.78 Å². The van der Waals surface area contributed by atoms with Gasteiger partial charge in [-0.15, -0.1) is 0 Å². The van der Waals surface area contributed by atoms with Crippen molar-refractivity contribution in [3.63, 3.8) is 0 Å². The predicted octanol–water partition coefficient (Wildman–Crippen LogP) is 3.12. The zero-order chi connectivity index (χ0) is 15.4. The van der Waals surface area contributed by atoms with E-state index >= 15 is 0 Å². The molecular weight excluding hydrogens is 264 g/mol. The molecule has 21 heavy (non-hydrogen) atoms. The summed E-state index contributed by atoms with van der Waals surface area (Å²) in [6, 6.07) is 12.2. The lowest BCUT2D eigenvalue weighted by molar-refractivity contribution is 0.0739. The molecule has 0 aliphatic heterocycles. The van der Waals surface area contributed by atoms with Gasteiger partial charge < -0.3 is 4.90 Å². The van der Waals surface area contributed by atoms with Crippen LogP contribution in [0.1, 0.15) is 46.3 Å². The van der Waals surface area contributed by atoms with Gasteiger partial charge in [-0.2, -0.15) is 0 Å². The van der Waals surface area contributed by atoms with E-state index in [1.807, 2.05) is 25.1 Å². The van der Waals surface area contributed by atoms with Gasteiger partial charge >= 0.3 is 0 Å². The Hall–Kier alpha value is -2.49. The van der Waals surface area contributed by atoms with Crippen LogP contribution in [0.15, 0.2) is 48.7 Å². The summed E-state index contributed by atoms with van der Waals surface area (Å²) in [4.78, 5) is 29.6. The third-order valence-electron chi connectivity index (χ3n) is 3.56. The molecule has 2 aromatic rings. The Bertz CT molecular complexity index is 636. The maximum atomic E-state index is 12.5. The molecule has 0 aliphatic rings. The van der Waals surface area contributed by atoms with Crippen LogP contribution >= 0.6 is 0 Å². The van der Waals surface area contributed by atoms with Gasteiger partial charge in [0.05, 0.1) is 11.7 Å². The van der Waals surface area contributed by atoms with E-state index < -0.39 is 0 Å². The Kier molecular flexibility index (Phi) is 4.48. The molecule has 1 unspecified atom stereocenters. The Morgan fingerprint density at radius 1 is 1.05 bits per heavy atom. The Labute approximate surface area is 124 Å². The first kappa shape index (κ1) is 14.9. The highest BCUT2D eigenvalue weighted by Gasteiger charge is 2.19. The Morgan fingerprint density at radius 2 is 1.67 bits per heavy atom. The highest BCUT2D eigenvalue weighted by molar-refractivity contribution is 5.97. The average molecular weight is 282 g/mol. The molecule has 0 aliphatic carbocycles. The fourth-order valence-electron chi connectivity index (χ4n) is 2.05. The quantitative estimate of drug-likeness (QED) is 0.810. The van der Waals surface area contributed by atoms with Gasteiger partial charge in [0.25, 0.3) is 5.91 Å². The van der Waals surface area contributed by atoms with E-state index in [4.69, 9.17) is 0 Å². The van der Waals surface area contributed by atoms with Crippen LogP contribution in [-0.4, -0.2) is 28.6 Å². The standard InChI is InChI=1S/C17H18N2O2/c1-12(16-6-4-5-11-18-16)19(3)17(21)15-9-7-14(8-10-15)13(2)20/h4-12H,1-3H3. The van der Waals surface area contributed by atoms with E-state index in [9.17, 15) is 9.59 Å². The van der Waals surface area contributed by atoms with Crippen molar-refractivity contribution in [3.05, 3.63) is 65.5 Å². The lowest BCUT2D eigenvalue weighted by Gasteiger charge is -2.24. The van der Waals surface area contributed by atoms with E-state index in [-0.39, 0.29) is 17.7 Å². The monoisotopic (exact) mass is 282 g/mol. The SMILES string of the molecule is CC(=O)c1ccc(C(=O)N(C)C(C)c2ccccn2)cc1. The second-order valence-corrected chi connectivity index (χ2v) is 4.98. The summed E-state index contributed by atoms with van der Waals surface area (Å²) >= 11 is 0. The Morgan fingerprint density at radius 3 is 2.19 bits per heavy atom. The van der Waals surface area contributed by atoms with E-state index in [0.717, 1.165) is 5.69 Å². The maximum Gasteiger partial charge on any atom is 0.254 e. The molecule has 0 bridgehead atoms. The number of rotatable bonds is 4.